The summed E-state index contributed by atoms with van der Waals surface area (Å²) in [4.78, 5) is 24.4. The second-order valence-electron chi connectivity index (χ2n) is 3.08. The Morgan fingerprint density at radius 2 is 2.00 bits per heavy atom. The van der Waals surface area contributed by atoms with Crippen LogP contribution in [0, 0.1) is 0 Å². The number of H-pyrrole nitrogens is 1. The molecule has 6 nitrogen and oxygen atoms in total. The summed E-state index contributed by atoms with van der Waals surface area (Å²) in [6, 6.07) is 1.26. The zero-order valence-electron chi connectivity index (χ0n) is 8.89. The van der Waals surface area contributed by atoms with E-state index >= 15 is 0 Å². The van der Waals surface area contributed by atoms with Gasteiger partial charge >= 0.3 is 5.69 Å². The van der Waals surface area contributed by atoms with Crippen molar-refractivity contribution in [3.63, 3.8) is 0 Å². The lowest BCUT2D eigenvalue weighted by atomic mass is 10.3. The summed E-state index contributed by atoms with van der Waals surface area (Å²) in [6.45, 7) is 1.77. The third-order valence-corrected chi connectivity index (χ3v) is 2.14. The number of methoxy groups -OCH3 is 2. The van der Waals surface area contributed by atoms with Gasteiger partial charge in [-0.25, -0.2) is 4.79 Å². The molecule has 0 radical (unpaired) electrons. The molecule has 1 heterocycles. The number of hydrogen-bond acceptors (Lipinski definition) is 4. The lowest BCUT2D eigenvalue weighted by molar-refractivity contribution is -0.0704. The average Bonchev–Trinajstić information content (AvgIpc) is 2.21. The molecule has 0 aliphatic carbocycles. The van der Waals surface area contributed by atoms with Crippen LogP contribution < -0.4 is 11.2 Å². The van der Waals surface area contributed by atoms with Gasteiger partial charge in [0.15, 0.2) is 6.23 Å². The van der Waals surface area contributed by atoms with Gasteiger partial charge in [0.1, 0.15) is 0 Å². The molecule has 0 fully saturated rings. The van der Waals surface area contributed by atoms with Crippen LogP contribution >= 0.6 is 0 Å². The minimum Gasteiger partial charge on any atom is -0.377 e. The predicted octanol–water partition coefficient (Wildman–Crippen LogP) is -0.284. The maximum Gasteiger partial charge on any atom is 0.330 e. The van der Waals surface area contributed by atoms with Crippen LogP contribution in [-0.4, -0.2) is 29.9 Å². The molecule has 1 aromatic rings. The van der Waals surface area contributed by atoms with Gasteiger partial charge in [0.05, 0.1) is 6.10 Å². The van der Waals surface area contributed by atoms with Crippen molar-refractivity contribution in [2.75, 3.05) is 14.2 Å². The first kappa shape index (κ1) is 11.7. The molecule has 0 aliphatic rings. The Hall–Kier alpha value is -1.40. The molecule has 0 saturated heterocycles. The zero-order valence-corrected chi connectivity index (χ0v) is 8.89. The Kier molecular flexibility index (Phi) is 3.81. The number of aromatic nitrogens is 2. The lowest BCUT2D eigenvalue weighted by Gasteiger charge is -2.22. The Balaban J connectivity index is 3.13. The topological polar surface area (TPSA) is 73.3 Å². The first-order valence-electron chi connectivity index (χ1n) is 4.47. The smallest absolute Gasteiger partial charge is 0.330 e. The van der Waals surface area contributed by atoms with E-state index < -0.39 is 17.5 Å². The number of hydrogen-bond donors (Lipinski definition) is 1. The Morgan fingerprint density at radius 1 is 1.33 bits per heavy atom. The van der Waals surface area contributed by atoms with Crippen LogP contribution in [0.3, 0.4) is 0 Å². The van der Waals surface area contributed by atoms with Crippen molar-refractivity contribution in [3.8, 4) is 0 Å². The van der Waals surface area contributed by atoms with Gasteiger partial charge in [0.25, 0.3) is 5.56 Å². The fourth-order valence-electron chi connectivity index (χ4n) is 1.28. The van der Waals surface area contributed by atoms with Crippen LogP contribution in [0.4, 0.5) is 0 Å². The van der Waals surface area contributed by atoms with Gasteiger partial charge in [-0.1, -0.05) is 0 Å². The summed E-state index contributed by atoms with van der Waals surface area (Å²) in [5.74, 6) is 0. The van der Waals surface area contributed by atoms with Gasteiger partial charge in [-0.05, 0) is 6.92 Å². The highest BCUT2D eigenvalue weighted by atomic mass is 16.5. The molecular weight excluding hydrogens is 200 g/mol. The van der Waals surface area contributed by atoms with Crippen molar-refractivity contribution in [3.05, 3.63) is 33.1 Å². The molecule has 0 aliphatic heterocycles. The van der Waals surface area contributed by atoms with Gasteiger partial charge in [0.2, 0.25) is 0 Å². The molecule has 1 N–H and O–H groups in total. The van der Waals surface area contributed by atoms with E-state index in [0.717, 1.165) is 0 Å². The summed E-state index contributed by atoms with van der Waals surface area (Å²) >= 11 is 0. The normalized spacial score (nSPS) is 14.9. The second-order valence-corrected chi connectivity index (χ2v) is 3.08. The molecule has 84 valence electrons. The van der Waals surface area contributed by atoms with E-state index in [1.54, 1.807) is 6.92 Å². The first-order valence-corrected chi connectivity index (χ1v) is 4.47. The monoisotopic (exact) mass is 214 g/mol. The van der Waals surface area contributed by atoms with Gasteiger partial charge in [-0.15, -0.1) is 0 Å². The fraction of sp³-hybridized carbons (Fsp3) is 0.556. The Bertz CT molecular complexity index is 423. The van der Waals surface area contributed by atoms with Crippen LogP contribution in [0.25, 0.3) is 0 Å². The van der Waals surface area contributed by atoms with Gasteiger partial charge in [-0.3, -0.25) is 14.3 Å². The van der Waals surface area contributed by atoms with Gasteiger partial charge in [-0.2, -0.15) is 0 Å². The summed E-state index contributed by atoms with van der Waals surface area (Å²) in [5.41, 5.74) is -0.950. The van der Waals surface area contributed by atoms with Crippen molar-refractivity contribution >= 4 is 0 Å². The van der Waals surface area contributed by atoms with Crippen molar-refractivity contribution in [2.45, 2.75) is 19.3 Å². The number of rotatable bonds is 4. The summed E-state index contributed by atoms with van der Waals surface area (Å²) in [7, 11) is 2.99. The zero-order chi connectivity index (χ0) is 11.4. The van der Waals surface area contributed by atoms with Crippen LogP contribution in [0.2, 0.25) is 0 Å². The molecule has 1 unspecified atom stereocenters. The first-order chi connectivity index (χ1) is 7.10. The molecule has 0 amide bonds. The highest BCUT2D eigenvalue weighted by Gasteiger charge is 2.18. The molecule has 6 heteroatoms. The van der Waals surface area contributed by atoms with Gasteiger partial charge in [0, 0.05) is 26.5 Å². The van der Waals surface area contributed by atoms with Crippen LogP contribution in [0.1, 0.15) is 13.2 Å². The maximum atomic E-state index is 11.4. The predicted molar refractivity (Wildman–Crippen MR) is 53.8 cm³/mol. The third-order valence-electron chi connectivity index (χ3n) is 2.14. The number of aromatic amines is 1. The maximum absolute atomic E-state index is 11.4. The largest absolute Gasteiger partial charge is 0.377 e. The highest BCUT2D eigenvalue weighted by Crippen LogP contribution is 2.11. The van der Waals surface area contributed by atoms with E-state index in [4.69, 9.17) is 9.47 Å². The van der Waals surface area contributed by atoms with E-state index in [-0.39, 0.29) is 6.10 Å². The van der Waals surface area contributed by atoms with E-state index in [1.807, 2.05) is 0 Å². The molecular formula is C9H14N2O4. The van der Waals surface area contributed by atoms with Crippen molar-refractivity contribution in [1.29, 1.82) is 0 Å². The Labute approximate surface area is 86.5 Å². The number of nitrogens with one attached hydrogen (secondary N) is 1. The molecule has 2 atom stereocenters. The molecule has 0 saturated carbocycles. The third kappa shape index (κ3) is 2.54. The Morgan fingerprint density at radius 3 is 2.47 bits per heavy atom. The number of nitrogens with zero attached hydrogens (tertiary/aromatic N) is 1. The summed E-state index contributed by atoms with van der Waals surface area (Å²) < 4.78 is 11.5. The number of ether oxygens (including phenoxy) is 2. The van der Waals surface area contributed by atoms with E-state index in [0.29, 0.717) is 0 Å². The van der Waals surface area contributed by atoms with Crippen molar-refractivity contribution < 1.29 is 9.47 Å². The molecule has 0 aromatic carbocycles. The second kappa shape index (κ2) is 4.90. The van der Waals surface area contributed by atoms with Gasteiger partial charge < -0.3 is 9.47 Å². The average molecular weight is 214 g/mol. The summed E-state index contributed by atoms with van der Waals surface area (Å²) in [6.07, 6.45) is 0.531. The van der Waals surface area contributed by atoms with Crippen molar-refractivity contribution in [2.24, 2.45) is 0 Å². The molecule has 15 heavy (non-hydrogen) atoms. The summed E-state index contributed by atoms with van der Waals surface area (Å²) in [5, 5.41) is 0. The standard InChI is InChI=1S/C9H14N2O4/c1-6(14-2)8(15-3)11-5-4-7(12)10-9(11)13/h4-6,8H,1-3H3,(H,10,12,13)/t6?,8-/m1/s1. The fourth-order valence-corrected chi connectivity index (χ4v) is 1.28. The minimum absolute atomic E-state index is 0.293. The van der Waals surface area contributed by atoms with E-state index in [2.05, 4.69) is 4.98 Å². The molecule has 1 rings (SSSR count). The van der Waals surface area contributed by atoms with Crippen molar-refractivity contribution in [1.82, 2.24) is 9.55 Å². The van der Waals surface area contributed by atoms with Crippen LogP contribution in [-0.2, 0) is 9.47 Å². The molecule has 0 spiro atoms. The minimum atomic E-state index is -0.556. The molecule has 1 aromatic heterocycles. The molecule has 0 bridgehead atoms. The highest BCUT2D eigenvalue weighted by molar-refractivity contribution is 4.85. The van der Waals surface area contributed by atoms with E-state index in [1.165, 1.54) is 31.0 Å². The lowest BCUT2D eigenvalue weighted by Crippen LogP contribution is -2.36. The quantitative estimate of drug-likeness (QED) is 0.747. The van der Waals surface area contributed by atoms with Crippen LogP contribution in [0.5, 0.6) is 0 Å². The van der Waals surface area contributed by atoms with Crippen LogP contribution in [0.15, 0.2) is 21.9 Å². The SMILES string of the molecule is COC(C)[C@@H](OC)n1ccc(=O)[nH]c1=O. The van der Waals surface area contributed by atoms with E-state index in [9.17, 15) is 9.59 Å².